The van der Waals surface area contributed by atoms with E-state index in [1.807, 2.05) is 30.5 Å². The van der Waals surface area contributed by atoms with Gasteiger partial charge in [0.1, 0.15) is 5.70 Å². The van der Waals surface area contributed by atoms with Crippen LogP contribution >= 0.6 is 11.3 Å². The highest BCUT2D eigenvalue weighted by Gasteiger charge is 2.20. The molecule has 0 aliphatic carbocycles. The first-order valence-corrected chi connectivity index (χ1v) is 11.9. The van der Waals surface area contributed by atoms with E-state index in [-0.39, 0.29) is 17.6 Å². The molecule has 7 heteroatoms. The molecule has 0 bridgehead atoms. The van der Waals surface area contributed by atoms with Crippen molar-refractivity contribution in [2.75, 3.05) is 14.2 Å². The van der Waals surface area contributed by atoms with Crippen molar-refractivity contribution in [3.63, 3.8) is 0 Å². The molecule has 178 valence electrons. The first kappa shape index (κ1) is 25.1. The summed E-state index contributed by atoms with van der Waals surface area (Å²) in [6.45, 7) is 6.13. The molecule has 0 spiro atoms. The molecule has 0 aliphatic rings. The van der Waals surface area contributed by atoms with Gasteiger partial charge in [0.25, 0.3) is 11.8 Å². The third kappa shape index (κ3) is 6.05. The molecule has 2 amide bonds. The molecule has 3 rings (SSSR count). The second-order valence-corrected chi connectivity index (χ2v) is 8.85. The number of aryl methyl sites for hydroxylation is 2. The van der Waals surface area contributed by atoms with Crippen LogP contribution in [-0.4, -0.2) is 26.0 Å². The molecular formula is C27H30N2O4S. The van der Waals surface area contributed by atoms with Crippen molar-refractivity contribution >= 4 is 29.2 Å². The minimum absolute atomic E-state index is 0.171. The Morgan fingerprint density at radius 1 is 1.00 bits per heavy atom. The van der Waals surface area contributed by atoms with Gasteiger partial charge in [0, 0.05) is 10.4 Å². The number of carbonyl (C=O) groups is 2. The van der Waals surface area contributed by atoms with Crippen LogP contribution in [0.5, 0.6) is 11.5 Å². The molecule has 3 aromatic rings. The predicted molar refractivity (Wildman–Crippen MR) is 136 cm³/mol. The van der Waals surface area contributed by atoms with Crippen LogP contribution in [0.4, 0.5) is 0 Å². The first-order valence-electron chi connectivity index (χ1n) is 11.0. The third-order valence-corrected chi connectivity index (χ3v) is 6.43. The van der Waals surface area contributed by atoms with E-state index in [0.717, 1.165) is 10.4 Å². The Morgan fingerprint density at radius 2 is 1.76 bits per heavy atom. The zero-order valence-corrected chi connectivity index (χ0v) is 20.9. The lowest BCUT2D eigenvalue weighted by Gasteiger charge is -2.20. The fourth-order valence-electron chi connectivity index (χ4n) is 3.48. The van der Waals surface area contributed by atoms with E-state index in [4.69, 9.17) is 9.47 Å². The summed E-state index contributed by atoms with van der Waals surface area (Å²) in [6, 6.07) is 14.6. The maximum Gasteiger partial charge on any atom is 0.268 e. The number of benzene rings is 2. The highest BCUT2D eigenvalue weighted by atomic mass is 32.1. The largest absolute Gasteiger partial charge is 0.493 e. The van der Waals surface area contributed by atoms with Crippen molar-refractivity contribution in [3.8, 4) is 11.5 Å². The highest BCUT2D eigenvalue weighted by Crippen LogP contribution is 2.28. The van der Waals surface area contributed by atoms with Gasteiger partial charge in [-0.05, 0) is 72.7 Å². The number of carbonyl (C=O) groups excluding carboxylic acids is 2. The number of hydrogen-bond acceptors (Lipinski definition) is 5. The van der Waals surface area contributed by atoms with Crippen LogP contribution in [0.15, 0.2) is 59.6 Å². The predicted octanol–water partition coefficient (Wildman–Crippen LogP) is 5.42. The number of methoxy groups -OCH3 is 2. The van der Waals surface area contributed by atoms with Gasteiger partial charge < -0.3 is 20.1 Å². The van der Waals surface area contributed by atoms with E-state index in [9.17, 15) is 9.59 Å². The maximum atomic E-state index is 13.3. The molecule has 0 saturated carbocycles. The number of hydrogen-bond donors (Lipinski definition) is 2. The van der Waals surface area contributed by atoms with Crippen LogP contribution in [0.1, 0.15) is 51.3 Å². The zero-order chi connectivity index (χ0) is 24.7. The van der Waals surface area contributed by atoms with Gasteiger partial charge in [0.15, 0.2) is 11.5 Å². The third-order valence-electron chi connectivity index (χ3n) is 5.62. The summed E-state index contributed by atoms with van der Waals surface area (Å²) < 4.78 is 10.5. The van der Waals surface area contributed by atoms with Crippen molar-refractivity contribution in [2.45, 2.75) is 33.2 Å². The smallest absolute Gasteiger partial charge is 0.268 e. The molecule has 2 aromatic carbocycles. The van der Waals surface area contributed by atoms with Crippen LogP contribution in [0.3, 0.4) is 0 Å². The Bertz CT molecular complexity index is 1190. The van der Waals surface area contributed by atoms with E-state index in [2.05, 4.69) is 36.6 Å². The number of nitrogens with one attached hydrogen (secondary N) is 2. The lowest BCUT2D eigenvalue weighted by atomic mass is 9.99. The van der Waals surface area contributed by atoms with Crippen LogP contribution in [0.2, 0.25) is 0 Å². The van der Waals surface area contributed by atoms with Crippen LogP contribution in [0, 0.1) is 13.8 Å². The van der Waals surface area contributed by atoms with Crippen molar-refractivity contribution in [3.05, 3.63) is 86.7 Å². The molecule has 1 atom stereocenters. The minimum atomic E-state index is -0.418. The Balaban J connectivity index is 1.86. The monoisotopic (exact) mass is 478 g/mol. The Hall–Kier alpha value is -3.58. The first-order chi connectivity index (χ1) is 16.4. The molecule has 0 saturated heterocycles. The summed E-state index contributed by atoms with van der Waals surface area (Å²) in [6.07, 6.45) is 2.40. The summed E-state index contributed by atoms with van der Waals surface area (Å²) in [5.41, 5.74) is 3.92. The minimum Gasteiger partial charge on any atom is -0.493 e. The standard InChI is InChI=1S/C27H30N2O4S/c1-6-22(19-10-9-17(2)18(3)14-19)28-27(31)23(16-21-8-7-13-34-21)29-26(30)20-11-12-24(32-4)25(15-20)33-5/h7-16,22H,6H2,1-5H3,(H,28,31)(H,29,30)/b23-16-. The van der Waals surface area contributed by atoms with Crippen molar-refractivity contribution in [1.82, 2.24) is 10.6 Å². The molecular weight excluding hydrogens is 448 g/mol. The number of ether oxygens (including phenoxy) is 2. The van der Waals surface area contributed by atoms with Crippen molar-refractivity contribution < 1.29 is 19.1 Å². The topological polar surface area (TPSA) is 76.7 Å². The van der Waals surface area contributed by atoms with Gasteiger partial charge in [-0.25, -0.2) is 0 Å². The summed E-state index contributed by atoms with van der Waals surface area (Å²) in [7, 11) is 3.04. The average molecular weight is 479 g/mol. The maximum absolute atomic E-state index is 13.3. The van der Waals surface area contributed by atoms with Gasteiger partial charge in [-0.3, -0.25) is 9.59 Å². The fourth-order valence-corrected chi connectivity index (χ4v) is 4.14. The molecule has 0 aliphatic heterocycles. The van der Waals surface area contributed by atoms with Crippen molar-refractivity contribution in [2.24, 2.45) is 0 Å². The SMILES string of the molecule is CCC(NC(=O)/C(=C/c1cccs1)NC(=O)c1ccc(OC)c(OC)c1)c1ccc(C)c(C)c1. The number of thiophene rings is 1. The molecule has 0 fully saturated rings. The molecule has 1 heterocycles. The quantitative estimate of drug-likeness (QED) is 0.403. The average Bonchev–Trinajstić information content (AvgIpc) is 3.36. The number of amides is 2. The van der Waals surface area contributed by atoms with Gasteiger partial charge in [0.2, 0.25) is 0 Å². The molecule has 2 N–H and O–H groups in total. The van der Waals surface area contributed by atoms with E-state index in [1.165, 1.54) is 36.7 Å². The summed E-state index contributed by atoms with van der Waals surface area (Å²) in [5, 5.41) is 7.78. The van der Waals surface area contributed by atoms with Gasteiger partial charge >= 0.3 is 0 Å². The Morgan fingerprint density at radius 3 is 2.38 bits per heavy atom. The van der Waals surface area contributed by atoms with Gasteiger partial charge in [-0.15, -0.1) is 11.3 Å². The van der Waals surface area contributed by atoms with E-state index in [0.29, 0.717) is 23.5 Å². The summed E-state index contributed by atoms with van der Waals surface area (Å²) >= 11 is 1.48. The van der Waals surface area contributed by atoms with E-state index < -0.39 is 5.91 Å². The molecule has 1 aromatic heterocycles. The molecule has 0 radical (unpaired) electrons. The van der Waals surface area contributed by atoms with Gasteiger partial charge in [-0.1, -0.05) is 31.2 Å². The lowest BCUT2D eigenvalue weighted by Crippen LogP contribution is -2.36. The van der Waals surface area contributed by atoms with E-state index in [1.54, 1.807) is 24.3 Å². The van der Waals surface area contributed by atoms with Crippen molar-refractivity contribution in [1.29, 1.82) is 0 Å². The summed E-state index contributed by atoms with van der Waals surface area (Å²) in [4.78, 5) is 27.2. The zero-order valence-electron chi connectivity index (χ0n) is 20.1. The second-order valence-electron chi connectivity index (χ2n) is 7.88. The van der Waals surface area contributed by atoms with Crippen LogP contribution in [-0.2, 0) is 4.79 Å². The fraction of sp³-hybridized carbons (Fsp3) is 0.259. The Labute approximate surface area is 204 Å². The molecule has 1 unspecified atom stereocenters. The number of rotatable bonds is 9. The lowest BCUT2D eigenvalue weighted by molar-refractivity contribution is -0.118. The molecule has 6 nitrogen and oxygen atoms in total. The second kappa shape index (κ2) is 11.5. The highest BCUT2D eigenvalue weighted by molar-refractivity contribution is 7.10. The molecule has 34 heavy (non-hydrogen) atoms. The van der Waals surface area contributed by atoms with Gasteiger partial charge in [0.05, 0.1) is 20.3 Å². The Kier molecular flexibility index (Phi) is 8.49. The van der Waals surface area contributed by atoms with E-state index >= 15 is 0 Å². The summed E-state index contributed by atoms with van der Waals surface area (Å²) in [5.74, 6) is 0.181. The van der Waals surface area contributed by atoms with Crippen LogP contribution in [0.25, 0.3) is 6.08 Å². The van der Waals surface area contributed by atoms with Gasteiger partial charge in [-0.2, -0.15) is 0 Å². The van der Waals surface area contributed by atoms with Crippen LogP contribution < -0.4 is 20.1 Å². The normalized spacial score (nSPS) is 12.1.